The molecule has 0 spiro atoms. The van der Waals surface area contributed by atoms with Crippen molar-refractivity contribution in [1.29, 1.82) is 0 Å². The van der Waals surface area contributed by atoms with Crippen LogP contribution < -0.4 is 5.32 Å². The van der Waals surface area contributed by atoms with Gasteiger partial charge in [0.2, 0.25) is 0 Å². The summed E-state index contributed by atoms with van der Waals surface area (Å²) in [6.07, 6.45) is 0.851. The van der Waals surface area contributed by atoms with E-state index in [0.29, 0.717) is 22.9 Å². The molecule has 23 heavy (non-hydrogen) atoms. The summed E-state index contributed by atoms with van der Waals surface area (Å²) in [5.74, 6) is 0.235. The Labute approximate surface area is 139 Å². The van der Waals surface area contributed by atoms with E-state index in [9.17, 15) is 9.90 Å². The maximum atomic E-state index is 12.2. The van der Waals surface area contributed by atoms with Crippen LogP contribution in [0.2, 0.25) is 0 Å². The number of aliphatic hydroxyl groups excluding tert-OH is 1. The Kier molecular flexibility index (Phi) is 4.67. The second-order valence-corrected chi connectivity index (χ2v) is 6.28. The van der Waals surface area contributed by atoms with E-state index >= 15 is 0 Å². The van der Waals surface area contributed by atoms with Crippen LogP contribution in [-0.2, 0) is 4.79 Å². The molecule has 0 radical (unpaired) electrons. The van der Waals surface area contributed by atoms with Crippen LogP contribution >= 0.6 is 11.8 Å². The standard InChI is InChI=1S/C18H18N2O2S/c1-2-9-19-17(22)16-15(21)11-23-18(16)20-14-8-7-12-5-3-4-6-13(12)10-14/h3-8,10,21H,2,9,11H2,1H3,(H,19,22). The molecule has 1 aliphatic heterocycles. The molecule has 1 aliphatic rings. The Morgan fingerprint density at radius 3 is 2.83 bits per heavy atom. The van der Waals surface area contributed by atoms with Crippen molar-refractivity contribution in [3.63, 3.8) is 0 Å². The average Bonchev–Trinajstić information content (AvgIpc) is 2.93. The van der Waals surface area contributed by atoms with Gasteiger partial charge in [-0.25, -0.2) is 4.99 Å². The molecule has 2 N–H and O–H groups in total. The number of rotatable bonds is 4. The SMILES string of the molecule is CCCNC(=O)C1=C(O)CSC1=Nc1ccc2ccccc2c1. The summed E-state index contributed by atoms with van der Waals surface area (Å²) < 4.78 is 0. The van der Waals surface area contributed by atoms with Crippen molar-refractivity contribution < 1.29 is 9.90 Å². The second kappa shape index (κ2) is 6.87. The van der Waals surface area contributed by atoms with E-state index in [1.54, 1.807) is 0 Å². The summed E-state index contributed by atoms with van der Waals surface area (Å²) >= 11 is 1.39. The first-order valence-electron chi connectivity index (χ1n) is 7.60. The zero-order chi connectivity index (χ0) is 16.2. The van der Waals surface area contributed by atoms with Gasteiger partial charge in [-0.05, 0) is 29.3 Å². The van der Waals surface area contributed by atoms with E-state index in [1.165, 1.54) is 11.8 Å². The summed E-state index contributed by atoms with van der Waals surface area (Å²) in [4.78, 5) is 16.8. The van der Waals surface area contributed by atoms with E-state index in [2.05, 4.69) is 10.3 Å². The van der Waals surface area contributed by atoms with Crippen LogP contribution in [-0.4, -0.2) is 28.4 Å². The average molecular weight is 326 g/mol. The fourth-order valence-electron chi connectivity index (χ4n) is 2.41. The highest BCUT2D eigenvalue weighted by Gasteiger charge is 2.27. The molecule has 0 atom stereocenters. The molecule has 0 saturated heterocycles. The number of amides is 1. The van der Waals surface area contributed by atoms with Gasteiger partial charge >= 0.3 is 0 Å². The van der Waals surface area contributed by atoms with Gasteiger partial charge in [-0.15, -0.1) is 0 Å². The molecule has 0 fully saturated rings. The summed E-state index contributed by atoms with van der Waals surface area (Å²) in [5, 5.41) is 15.6. The zero-order valence-electron chi connectivity index (χ0n) is 12.9. The molecule has 2 aromatic carbocycles. The minimum atomic E-state index is -0.256. The van der Waals surface area contributed by atoms with Crippen LogP contribution in [0.25, 0.3) is 10.8 Å². The van der Waals surface area contributed by atoms with Gasteiger partial charge in [0.15, 0.2) is 0 Å². The lowest BCUT2D eigenvalue weighted by Crippen LogP contribution is -2.28. The molecule has 0 unspecified atom stereocenters. The molecule has 118 valence electrons. The maximum absolute atomic E-state index is 12.2. The number of carbonyl (C=O) groups excluding carboxylic acids is 1. The molecule has 5 heteroatoms. The lowest BCUT2D eigenvalue weighted by Gasteiger charge is -2.06. The highest BCUT2D eigenvalue weighted by atomic mass is 32.2. The van der Waals surface area contributed by atoms with Gasteiger partial charge in [0.25, 0.3) is 5.91 Å². The first-order valence-corrected chi connectivity index (χ1v) is 8.58. The summed E-state index contributed by atoms with van der Waals surface area (Å²) in [6, 6.07) is 14.0. The predicted molar refractivity (Wildman–Crippen MR) is 96.5 cm³/mol. The topological polar surface area (TPSA) is 61.7 Å². The zero-order valence-corrected chi connectivity index (χ0v) is 13.7. The Bertz CT molecular complexity index is 812. The number of thioether (sulfide) groups is 1. The number of hydrogen-bond donors (Lipinski definition) is 2. The van der Waals surface area contributed by atoms with Gasteiger partial charge in [0.05, 0.1) is 11.4 Å². The Morgan fingerprint density at radius 1 is 1.26 bits per heavy atom. The Hall–Kier alpha value is -2.27. The fraction of sp³-hybridized carbons (Fsp3) is 0.222. The number of aliphatic imine (C=N–C) groups is 1. The van der Waals surface area contributed by atoms with Gasteiger partial charge in [0, 0.05) is 6.54 Å². The van der Waals surface area contributed by atoms with Gasteiger partial charge in [0.1, 0.15) is 16.4 Å². The lowest BCUT2D eigenvalue weighted by atomic mass is 10.1. The van der Waals surface area contributed by atoms with Crippen molar-refractivity contribution in [2.24, 2.45) is 4.99 Å². The largest absolute Gasteiger partial charge is 0.510 e. The van der Waals surface area contributed by atoms with Crippen molar-refractivity contribution in [2.45, 2.75) is 13.3 Å². The van der Waals surface area contributed by atoms with Crippen LogP contribution in [0.5, 0.6) is 0 Å². The first kappa shape index (κ1) is 15.6. The smallest absolute Gasteiger partial charge is 0.257 e. The van der Waals surface area contributed by atoms with Crippen molar-refractivity contribution in [3.05, 3.63) is 53.8 Å². The first-order chi connectivity index (χ1) is 11.2. The molecule has 0 bridgehead atoms. The normalized spacial score (nSPS) is 16.3. The van der Waals surface area contributed by atoms with Crippen LogP contribution in [0.15, 0.2) is 58.8 Å². The van der Waals surface area contributed by atoms with Crippen LogP contribution in [0, 0.1) is 0 Å². The van der Waals surface area contributed by atoms with Crippen LogP contribution in [0.4, 0.5) is 5.69 Å². The number of hydrogen-bond acceptors (Lipinski definition) is 4. The van der Waals surface area contributed by atoms with E-state index in [0.717, 1.165) is 22.9 Å². The molecule has 0 aliphatic carbocycles. The minimum absolute atomic E-state index is 0.100. The van der Waals surface area contributed by atoms with Gasteiger partial charge < -0.3 is 10.4 Å². The van der Waals surface area contributed by atoms with E-state index < -0.39 is 0 Å². The summed E-state index contributed by atoms with van der Waals surface area (Å²) in [6.45, 7) is 2.57. The number of aliphatic hydroxyl groups is 1. The van der Waals surface area contributed by atoms with Crippen molar-refractivity contribution in [2.75, 3.05) is 12.3 Å². The predicted octanol–water partition coefficient (Wildman–Crippen LogP) is 3.95. The molecule has 1 amide bonds. The molecular formula is C18H18N2O2S. The minimum Gasteiger partial charge on any atom is -0.510 e. The number of nitrogens with one attached hydrogen (secondary N) is 1. The molecule has 0 aromatic heterocycles. The molecule has 2 aromatic rings. The third-order valence-electron chi connectivity index (χ3n) is 3.57. The van der Waals surface area contributed by atoms with E-state index in [4.69, 9.17) is 0 Å². The van der Waals surface area contributed by atoms with Crippen LogP contribution in [0.3, 0.4) is 0 Å². The Morgan fingerprint density at radius 2 is 2.04 bits per heavy atom. The number of carbonyl (C=O) groups is 1. The molecular weight excluding hydrogens is 308 g/mol. The van der Waals surface area contributed by atoms with E-state index in [-0.39, 0.29) is 11.7 Å². The fourth-order valence-corrected chi connectivity index (χ4v) is 3.35. The van der Waals surface area contributed by atoms with Crippen molar-refractivity contribution in [3.8, 4) is 0 Å². The highest BCUT2D eigenvalue weighted by Crippen LogP contribution is 2.30. The quantitative estimate of drug-likeness (QED) is 0.894. The lowest BCUT2D eigenvalue weighted by molar-refractivity contribution is -0.117. The third kappa shape index (κ3) is 3.40. The van der Waals surface area contributed by atoms with Gasteiger partial charge in [-0.3, -0.25) is 4.79 Å². The van der Waals surface area contributed by atoms with Crippen molar-refractivity contribution in [1.82, 2.24) is 5.32 Å². The molecule has 0 saturated carbocycles. The number of nitrogens with zero attached hydrogens (tertiary/aromatic N) is 1. The molecule has 4 nitrogen and oxygen atoms in total. The van der Waals surface area contributed by atoms with Crippen molar-refractivity contribution >= 4 is 39.2 Å². The van der Waals surface area contributed by atoms with Gasteiger partial charge in [-0.1, -0.05) is 49.0 Å². The number of benzene rings is 2. The molecule has 1 heterocycles. The van der Waals surface area contributed by atoms with Crippen LogP contribution in [0.1, 0.15) is 13.3 Å². The van der Waals surface area contributed by atoms with Gasteiger partial charge in [-0.2, -0.15) is 0 Å². The Balaban J connectivity index is 1.92. The maximum Gasteiger partial charge on any atom is 0.257 e. The molecule has 3 rings (SSSR count). The monoisotopic (exact) mass is 326 g/mol. The van der Waals surface area contributed by atoms with E-state index in [1.807, 2.05) is 49.4 Å². The third-order valence-corrected chi connectivity index (χ3v) is 4.56. The number of fused-ring (bicyclic) bond motifs is 1. The summed E-state index contributed by atoms with van der Waals surface area (Å²) in [7, 11) is 0. The summed E-state index contributed by atoms with van der Waals surface area (Å²) in [5.41, 5.74) is 1.08. The highest BCUT2D eigenvalue weighted by molar-refractivity contribution is 8.15. The second-order valence-electron chi connectivity index (χ2n) is 5.31.